The van der Waals surface area contributed by atoms with Crippen molar-refractivity contribution in [3.63, 3.8) is 0 Å². The highest BCUT2D eigenvalue weighted by Gasteiger charge is 2.47. The van der Waals surface area contributed by atoms with Crippen LogP contribution in [0.5, 0.6) is 0 Å². The minimum atomic E-state index is -0.771. The molecule has 0 N–H and O–H groups in total. The van der Waals surface area contributed by atoms with Crippen LogP contribution in [0.3, 0.4) is 0 Å². The van der Waals surface area contributed by atoms with Crippen molar-refractivity contribution < 1.29 is 0 Å². The van der Waals surface area contributed by atoms with Gasteiger partial charge in [-0.1, -0.05) is 189 Å². The van der Waals surface area contributed by atoms with Crippen LogP contribution in [0.2, 0.25) is 0 Å². The van der Waals surface area contributed by atoms with Crippen LogP contribution in [0.15, 0.2) is 48.5 Å². The van der Waals surface area contributed by atoms with Gasteiger partial charge in [-0.2, -0.15) is 0 Å². The Hall–Kier alpha value is -1.14. The third-order valence-electron chi connectivity index (χ3n) is 10.3. The lowest BCUT2D eigenvalue weighted by Crippen LogP contribution is -2.36. The monoisotopic (exact) mass is 836 g/mol. The van der Waals surface area contributed by atoms with Gasteiger partial charge in [0.15, 0.2) is 0 Å². The molecule has 51 heavy (non-hydrogen) atoms. The summed E-state index contributed by atoms with van der Waals surface area (Å²) in [6, 6.07) is 19.8. The molecule has 0 bridgehead atoms. The second-order valence-corrected chi connectivity index (χ2v) is 29.2. The zero-order valence-electron chi connectivity index (χ0n) is 36.4. The second-order valence-electron chi connectivity index (χ2n) is 22.3. The summed E-state index contributed by atoms with van der Waals surface area (Å²) >= 11 is 2.65. The third kappa shape index (κ3) is 8.57. The molecule has 0 radical (unpaired) electrons. The molecule has 0 saturated heterocycles. The Morgan fingerprint density at radius 2 is 0.706 bits per heavy atom. The van der Waals surface area contributed by atoms with Gasteiger partial charge in [-0.15, -0.1) is 0 Å². The van der Waals surface area contributed by atoms with Gasteiger partial charge >= 0.3 is 0 Å². The first-order chi connectivity index (χ1) is 22.7. The van der Waals surface area contributed by atoms with Crippen molar-refractivity contribution >= 4 is 53.1 Å². The number of benzene rings is 3. The molecule has 0 fully saturated rings. The highest BCUT2D eigenvalue weighted by Crippen LogP contribution is 2.69. The first kappa shape index (κ1) is 42.6. The zero-order valence-corrected chi connectivity index (χ0v) is 40.3. The van der Waals surface area contributed by atoms with Crippen LogP contribution in [0.4, 0.5) is 0 Å². The molecule has 0 unspecified atom stereocenters. The normalized spacial score (nSPS) is 17.6. The van der Waals surface area contributed by atoms with Gasteiger partial charge < -0.3 is 0 Å². The Bertz CT molecular complexity index is 1730. The van der Waals surface area contributed by atoms with Crippen LogP contribution < -0.4 is 5.30 Å². The molecule has 4 rings (SSSR count). The minimum Gasteiger partial charge on any atom is -0.0745 e. The first-order valence-electron chi connectivity index (χ1n) is 19.2. The number of halogens is 1. The predicted octanol–water partition coefficient (Wildman–Crippen LogP) is 14.8. The van der Waals surface area contributed by atoms with Crippen molar-refractivity contribution in [1.82, 2.24) is 0 Å². The maximum absolute atomic E-state index is 2.65. The van der Waals surface area contributed by atoms with Gasteiger partial charge in [-0.05, 0) is 125 Å². The van der Waals surface area contributed by atoms with E-state index >= 15 is 0 Å². The topological polar surface area (TPSA) is 0 Å². The van der Waals surface area contributed by atoms with E-state index in [4.69, 9.17) is 0 Å². The molecule has 0 aliphatic carbocycles. The number of rotatable bonds is 3. The molecular formula is C48H71IP2. The molecule has 3 aromatic carbocycles. The molecule has 0 spiro atoms. The standard InChI is InChI=1S/C48H71IP2/c1-42(2,3)30-26-32(44(7,8)9)38(33(27-30)45(10,11)12)40-50(37-25-23-22-24-36(37)49)41(51(40)48(19,20)21)39-34(46(13,14)15)28-31(43(4,5)6)29-35(39)47(16,17)18/h22-29H,1-21H3. The molecule has 0 atom stereocenters. The summed E-state index contributed by atoms with van der Waals surface area (Å²) in [7, 11) is -1.43. The van der Waals surface area contributed by atoms with Crippen molar-refractivity contribution in [3.8, 4) is 0 Å². The van der Waals surface area contributed by atoms with Gasteiger partial charge in [0, 0.05) is 18.9 Å². The van der Waals surface area contributed by atoms with Crippen molar-refractivity contribution in [2.45, 2.75) is 183 Å². The predicted molar refractivity (Wildman–Crippen MR) is 246 cm³/mol. The van der Waals surface area contributed by atoms with Gasteiger partial charge in [0.1, 0.15) is 0 Å². The van der Waals surface area contributed by atoms with Crippen LogP contribution in [0.25, 0.3) is 0 Å². The highest BCUT2D eigenvalue weighted by atomic mass is 127. The lowest BCUT2D eigenvalue weighted by Gasteiger charge is -2.48. The van der Waals surface area contributed by atoms with Gasteiger partial charge in [-0.3, -0.25) is 0 Å². The average Bonchev–Trinajstić information content (AvgIpc) is 2.89. The molecule has 3 aromatic rings. The Kier molecular flexibility index (Phi) is 11.3. The zero-order chi connectivity index (χ0) is 39.2. The van der Waals surface area contributed by atoms with E-state index in [1.165, 1.54) is 42.3 Å². The molecule has 0 aromatic heterocycles. The van der Waals surface area contributed by atoms with Gasteiger partial charge in [0.05, 0.1) is 0 Å². The maximum Gasteiger partial charge on any atom is 0.0245 e. The first-order valence-corrected chi connectivity index (χ1v) is 22.9. The Labute approximate surface area is 330 Å². The number of hydrogen-bond donors (Lipinski definition) is 0. The lowest BCUT2D eigenvalue weighted by atomic mass is 9.72. The van der Waals surface area contributed by atoms with E-state index in [-0.39, 0.29) is 37.6 Å². The highest BCUT2D eigenvalue weighted by molar-refractivity contribution is 14.1. The van der Waals surface area contributed by atoms with E-state index in [1.807, 2.05) is 0 Å². The second kappa shape index (κ2) is 13.6. The molecule has 280 valence electrons. The molecule has 1 aliphatic rings. The quantitative estimate of drug-likeness (QED) is 0.182. The van der Waals surface area contributed by atoms with E-state index in [9.17, 15) is 0 Å². The molecule has 0 nitrogen and oxygen atoms in total. The summed E-state index contributed by atoms with van der Waals surface area (Å²) in [6.45, 7) is 51.3. The van der Waals surface area contributed by atoms with Crippen molar-refractivity contribution in [1.29, 1.82) is 0 Å². The maximum atomic E-state index is 2.65. The summed E-state index contributed by atoms with van der Waals surface area (Å²) in [5.74, 6) is 0. The van der Waals surface area contributed by atoms with Crippen LogP contribution in [-0.2, 0) is 32.5 Å². The SMILES string of the molecule is CC(C)(C)c1cc(C(C)(C)C)c(C2=P(c3ccccc3I)=C(c3c(C(C)(C)C)cc(C(C)(C)C)cc3C(C)(C)C)P2C(C)(C)C)c(C(C)(C)C)c1. The molecule has 3 heteroatoms. The third-order valence-corrected chi connectivity index (χ3v) is 18.9. The molecular weight excluding hydrogens is 765 g/mol. The van der Waals surface area contributed by atoms with Gasteiger partial charge in [0.2, 0.25) is 0 Å². The summed E-state index contributed by atoms with van der Waals surface area (Å²) < 4.78 is 1.39. The van der Waals surface area contributed by atoms with Crippen molar-refractivity contribution in [2.75, 3.05) is 0 Å². The van der Waals surface area contributed by atoms with Crippen molar-refractivity contribution in [2.24, 2.45) is 0 Å². The fraction of sp³-hybridized carbons (Fsp3) is 0.583. The van der Waals surface area contributed by atoms with Crippen molar-refractivity contribution in [3.05, 3.63) is 96.6 Å². The van der Waals surface area contributed by atoms with Crippen LogP contribution in [-0.4, -0.2) is 15.2 Å². The smallest absolute Gasteiger partial charge is 0.0245 e. The molecule has 1 aliphatic heterocycles. The van der Waals surface area contributed by atoms with Crippen LogP contribution >= 0.6 is 37.7 Å². The Morgan fingerprint density at radius 3 is 0.941 bits per heavy atom. The summed E-state index contributed by atoms with van der Waals surface area (Å²) in [5.41, 5.74) is 12.3. The Morgan fingerprint density at radius 1 is 0.412 bits per heavy atom. The molecule has 1 heterocycles. The number of hydrogen-bond acceptors (Lipinski definition) is 0. The van der Waals surface area contributed by atoms with Gasteiger partial charge in [0.25, 0.3) is 0 Å². The van der Waals surface area contributed by atoms with Gasteiger partial charge in [-0.25, -0.2) is 0 Å². The van der Waals surface area contributed by atoms with Crippen LogP contribution in [0, 0.1) is 3.57 Å². The van der Waals surface area contributed by atoms with E-state index in [1.54, 1.807) is 21.2 Å². The molecule has 0 amide bonds. The minimum absolute atomic E-state index is 0.00935. The summed E-state index contributed by atoms with van der Waals surface area (Å²) in [6.07, 6.45) is 0. The van der Waals surface area contributed by atoms with E-state index in [2.05, 4.69) is 217 Å². The summed E-state index contributed by atoms with van der Waals surface area (Å²) in [4.78, 5) is 0. The van der Waals surface area contributed by atoms with E-state index < -0.39 is 15.1 Å². The summed E-state index contributed by atoms with van der Waals surface area (Å²) in [5, 5.41) is 5.11. The Balaban J connectivity index is 2.51. The molecule has 0 saturated carbocycles. The largest absolute Gasteiger partial charge is 0.0745 e. The van der Waals surface area contributed by atoms with Crippen LogP contribution in [0.1, 0.15) is 190 Å². The fourth-order valence-corrected chi connectivity index (χ4v) is 17.5. The fourth-order valence-electron chi connectivity index (χ4n) is 7.30. The van der Waals surface area contributed by atoms with E-state index in [0.29, 0.717) is 0 Å². The average molecular weight is 837 g/mol. The van der Waals surface area contributed by atoms with E-state index in [0.717, 1.165) is 0 Å². The lowest BCUT2D eigenvalue weighted by molar-refractivity contribution is 0.546.